The van der Waals surface area contributed by atoms with Crippen molar-refractivity contribution in [2.75, 3.05) is 0 Å². The molecule has 0 amide bonds. The zero-order chi connectivity index (χ0) is 18.9. The van der Waals surface area contributed by atoms with Crippen molar-refractivity contribution in [2.45, 2.75) is 119 Å². The molecule has 0 aliphatic heterocycles. The molecule has 0 saturated carbocycles. The first-order valence-electron chi connectivity index (χ1n) is 11.3. The second-order valence-electron chi connectivity index (χ2n) is 8.30. The van der Waals surface area contributed by atoms with Crippen LogP contribution in [0.4, 0.5) is 0 Å². The molecular formula is C24H44O. The van der Waals surface area contributed by atoms with Crippen LogP contribution in [0, 0.1) is 17.3 Å². The Morgan fingerprint density at radius 1 is 0.800 bits per heavy atom. The van der Waals surface area contributed by atoms with Crippen LogP contribution in [-0.4, -0.2) is 5.78 Å². The van der Waals surface area contributed by atoms with Gasteiger partial charge in [-0.15, -0.1) is 0 Å². The first-order valence-corrected chi connectivity index (χ1v) is 11.3. The van der Waals surface area contributed by atoms with Gasteiger partial charge in [-0.3, -0.25) is 4.79 Å². The van der Waals surface area contributed by atoms with Crippen LogP contribution in [0.25, 0.3) is 0 Å². The lowest BCUT2D eigenvalue weighted by molar-refractivity contribution is -0.128. The Balaban J connectivity index is 3.35. The molecule has 3 unspecified atom stereocenters. The molecule has 1 aliphatic rings. The summed E-state index contributed by atoms with van der Waals surface area (Å²) < 4.78 is 0. The molecule has 0 N–H and O–H groups in total. The maximum Gasteiger partial charge on any atom is 0.162 e. The van der Waals surface area contributed by atoms with Gasteiger partial charge in [-0.2, -0.15) is 0 Å². The lowest BCUT2D eigenvalue weighted by Crippen LogP contribution is -2.47. The fraction of sp³-hybridized carbons (Fsp3) is 0.875. The minimum Gasteiger partial charge on any atom is -0.294 e. The van der Waals surface area contributed by atoms with Crippen LogP contribution in [-0.2, 0) is 4.79 Å². The second-order valence-corrected chi connectivity index (χ2v) is 8.30. The van der Waals surface area contributed by atoms with E-state index in [0.717, 1.165) is 18.4 Å². The molecule has 1 nitrogen and oxygen atoms in total. The smallest absolute Gasteiger partial charge is 0.162 e. The standard InChI is InChI=1S/C24H44O/c1-7-12-15-18-24(11-5)21(16-13-8-2)20(10-4)19(6)23(25)22(24)17-14-9-3/h21-22H,7-18H2,1-6H3. The number of rotatable bonds is 12. The molecule has 3 atom stereocenters. The molecule has 0 saturated heterocycles. The summed E-state index contributed by atoms with van der Waals surface area (Å²) in [7, 11) is 0. The number of hydrogen-bond acceptors (Lipinski definition) is 1. The average molecular weight is 349 g/mol. The second kappa shape index (κ2) is 11.2. The zero-order valence-electron chi connectivity index (χ0n) is 18.0. The summed E-state index contributed by atoms with van der Waals surface area (Å²) in [5, 5.41) is 0. The van der Waals surface area contributed by atoms with E-state index in [4.69, 9.17) is 0 Å². The number of Topliss-reactive ketones (excluding diaryl/α,β-unsaturated/α-hetero) is 1. The third-order valence-electron chi connectivity index (χ3n) is 6.95. The van der Waals surface area contributed by atoms with Crippen molar-refractivity contribution in [1.82, 2.24) is 0 Å². The molecule has 0 spiro atoms. The van der Waals surface area contributed by atoms with Crippen molar-refractivity contribution in [1.29, 1.82) is 0 Å². The monoisotopic (exact) mass is 348 g/mol. The highest BCUT2D eigenvalue weighted by molar-refractivity contribution is 5.99. The van der Waals surface area contributed by atoms with Gasteiger partial charge in [0.05, 0.1) is 0 Å². The van der Waals surface area contributed by atoms with E-state index in [0.29, 0.717) is 11.7 Å². The average Bonchev–Trinajstić information content (AvgIpc) is 2.62. The molecule has 0 fully saturated rings. The van der Waals surface area contributed by atoms with Gasteiger partial charge in [0, 0.05) is 5.92 Å². The molecule has 0 bridgehead atoms. The van der Waals surface area contributed by atoms with Crippen LogP contribution >= 0.6 is 0 Å². The summed E-state index contributed by atoms with van der Waals surface area (Å²) in [6, 6.07) is 0. The SMILES string of the molecule is CCCCCC1(CC)C(CCCC)C(=O)C(C)=C(CC)C1CCCC. The molecule has 0 aromatic carbocycles. The van der Waals surface area contributed by atoms with Crippen LogP contribution in [0.2, 0.25) is 0 Å². The third kappa shape index (κ3) is 4.98. The van der Waals surface area contributed by atoms with Crippen LogP contribution in [0.15, 0.2) is 11.1 Å². The van der Waals surface area contributed by atoms with Gasteiger partial charge in [0.2, 0.25) is 0 Å². The van der Waals surface area contributed by atoms with E-state index in [1.54, 1.807) is 0 Å². The molecule has 146 valence electrons. The van der Waals surface area contributed by atoms with Crippen molar-refractivity contribution in [3.05, 3.63) is 11.1 Å². The van der Waals surface area contributed by atoms with E-state index in [-0.39, 0.29) is 11.3 Å². The van der Waals surface area contributed by atoms with Crippen molar-refractivity contribution in [3.63, 3.8) is 0 Å². The molecule has 25 heavy (non-hydrogen) atoms. The van der Waals surface area contributed by atoms with Gasteiger partial charge < -0.3 is 0 Å². The van der Waals surface area contributed by atoms with Gasteiger partial charge in [-0.25, -0.2) is 0 Å². The van der Waals surface area contributed by atoms with Crippen molar-refractivity contribution >= 4 is 5.78 Å². The van der Waals surface area contributed by atoms with E-state index in [1.807, 2.05) is 0 Å². The molecule has 0 aromatic rings. The van der Waals surface area contributed by atoms with Gasteiger partial charge in [0.1, 0.15) is 0 Å². The molecule has 1 heteroatoms. The predicted octanol–water partition coefficient (Wildman–Crippen LogP) is 7.89. The lowest BCUT2D eigenvalue weighted by Gasteiger charge is -2.51. The van der Waals surface area contributed by atoms with E-state index in [9.17, 15) is 4.79 Å². The Morgan fingerprint density at radius 2 is 1.36 bits per heavy atom. The maximum absolute atomic E-state index is 13.4. The molecule has 1 aliphatic carbocycles. The van der Waals surface area contributed by atoms with Gasteiger partial charge in [0.25, 0.3) is 0 Å². The Kier molecular flexibility index (Phi) is 10.1. The summed E-state index contributed by atoms with van der Waals surface area (Å²) in [6.45, 7) is 13.6. The molecule has 0 radical (unpaired) electrons. The van der Waals surface area contributed by atoms with Crippen LogP contribution in [0.3, 0.4) is 0 Å². The van der Waals surface area contributed by atoms with E-state index >= 15 is 0 Å². The topological polar surface area (TPSA) is 17.1 Å². The number of hydrogen-bond donors (Lipinski definition) is 0. The summed E-state index contributed by atoms with van der Waals surface area (Å²) in [5.74, 6) is 1.40. The van der Waals surface area contributed by atoms with Gasteiger partial charge in [-0.05, 0) is 55.9 Å². The Hall–Kier alpha value is -0.590. The van der Waals surface area contributed by atoms with Crippen molar-refractivity contribution in [3.8, 4) is 0 Å². The molecule has 0 aromatic heterocycles. The minimum absolute atomic E-state index is 0.224. The lowest BCUT2D eigenvalue weighted by atomic mass is 9.52. The number of unbranched alkanes of at least 4 members (excludes halogenated alkanes) is 4. The summed E-state index contributed by atoms with van der Waals surface area (Å²) in [4.78, 5) is 13.4. The minimum atomic E-state index is 0.224. The van der Waals surface area contributed by atoms with E-state index in [2.05, 4.69) is 41.5 Å². The first-order chi connectivity index (χ1) is 12.0. The van der Waals surface area contributed by atoms with Crippen molar-refractivity contribution < 1.29 is 4.79 Å². The summed E-state index contributed by atoms with van der Waals surface area (Å²) >= 11 is 0. The number of carbonyl (C=O) groups is 1. The summed E-state index contributed by atoms with van der Waals surface area (Å²) in [5.41, 5.74) is 2.86. The highest BCUT2D eigenvalue weighted by atomic mass is 16.1. The van der Waals surface area contributed by atoms with Crippen LogP contribution < -0.4 is 0 Å². The number of ketones is 1. The molecule has 1 rings (SSSR count). The Labute approximate surface area is 158 Å². The first kappa shape index (κ1) is 22.5. The van der Waals surface area contributed by atoms with Crippen LogP contribution in [0.5, 0.6) is 0 Å². The van der Waals surface area contributed by atoms with E-state index < -0.39 is 0 Å². The normalized spacial score (nSPS) is 27.2. The van der Waals surface area contributed by atoms with Gasteiger partial charge in [-0.1, -0.05) is 85.1 Å². The molecule has 0 heterocycles. The quantitative estimate of drug-likeness (QED) is 0.328. The Morgan fingerprint density at radius 3 is 1.84 bits per heavy atom. The van der Waals surface area contributed by atoms with Gasteiger partial charge >= 0.3 is 0 Å². The zero-order valence-corrected chi connectivity index (χ0v) is 18.0. The van der Waals surface area contributed by atoms with Crippen molar-refractivity contribution in [2.24, 2.45) is 17.3 Å². The van der Waals surface area contributed by atoms with Crippen LogP contribution in [0.1, 0.15) is 119 Å². The maximum atomic E-state index is 13.4. The van der Waals surface area contributed by atoms with E-state index in [1.165, 1.54) is 69.8 Å². The fourth-order valence-corrected chi connectivity index (χ4v) is 5.46. The third-order valence-corrected chi connectivity index (χ3v) is 6.95. The number of carbonyl (C=O) groups excluding carboxylic acids is 1. The summed E-state index contributed by atoms with van der Waals surface area (Å²) in [6.07, 6.45) is 14.7. The number of allylic oxidation sites excluding steroid dienone is 2. The predicted molar refractivity (Wildman–Crippen MR) is 111 cm³/mol. The highest BCUT2D eigenvalue weighted by Crippen LogP contribution is 2.55. The largest absolute Gasteiger partial charge is 0.294 e. The Bertz CT molecular complexity index is 433. The van der Waals surface area contributed by atoms with Gasteiger partial charge in [0.15, 0.2) is 5.78 Å². The molecular weight excluding hydrogens is 304 g/mol. The fourth-order valence-electron chi connectivity index (χ4n) is 5.46. The highest BCUT2D eigenvalue weighted by Gasteiger charge is 2.50.